The van der Waals surface area contributed by atoms with Crippen LogP contribution < -0.4 is 0 Å². The van der Waals surface area contributed by atoms with Gasteiger partial charge in [-0.1, -0.05) is 44.2 Å². The quantitative estimate of drug-likeness (QED) is 0.712. The van der Waals surface area contributed by atoms with E-state index < -0.39 is 0 Å². The molecule has 2 rings (SSSR count). The molecule has 1 aromatic rings. The maximum absolute atomic E-state index is 2.28. The predicted octanol–water partition coefficient (Wildman–Crippen LogP) is 3.79. The fourth-order valence-corrected chi connectivity index (χ4v) is 2.40. The molecule has 15 heavy (non-hydrogen) atoms. The van der Waals surface area contributed by atoms with E-state index in [-0.39, 0.29) is 0 Å². The molecule has 0 radical (unpaired) electrons. The van der Waals surface area contributed by atoms with E-state index in [1.807, 2.05) is 11.9 Å². The fourth-order valence-electron chi connectivity index (χ4n) is 1.63. The molecule has 1 nitrogen and oxygen atoms in total. The molecule has 0 unspecified atom stereocenters. The molecule has 0 N–H and O–H groups in total. The second-order valence-corrected chi connectivity index (χ2v) is 5.21. The van der Waals surface area contributed by atoms with Crippen molar-refractivity contribution in [2.24, 2.45) is 0 Å². The van der Waals surface area contributed by atoms with Gasteiger partial charge in [0, 0.05) is 12.0 Å². The van der Waals surface area contributed by atoms with Gasteiger partial charge in [-0.15, -0.1) is 0 Å². The Bertz CT molecular complexity index is 340. The second kappa shape index (κ2) is 4.75. The average molecular weight is 219 g/mol. The molecule has 80 valence electrons. The Kier molecular flexibility index (Phi) is 3.37. The van der Waals surface area contributed by atoms with Gasteiger partial charge in [-0.05, 0) is 29.0 Å². The molecule has 0 saturated heterocycles. The zero-order valence-electron chi connectivity index (χ0n) is 9.31. The van der Waals surface area contributed by atoms with Gasteiger partial charge in [-0.25, -0.2) is 0 Å². The summed E-state index contributed by atoms with van der Waals surface area (Å²) in [4.78, 5) is 0. The number of hydrogen-bond donors (Lipinski definition) is 0. The second-order valence-electron chi connectivity index (χ2n) is 4.15. The highest BCUT2D eigenvalue weighted by atomic mass is 32.2. The highest BCUT2D eigenvalue weighted by molar-refractivity contribution is 7.97. The summed E-state index contributed by atoms with van der Waals surface area (Å²) in [7, 11) is 0. The molecule has 0 spiro atoms. The zero-order chi connectivity index (χ0) is 10.7. The van der Waals surface area contributed by atoms with Crippen LogP contribution in [0.3, 0.4) is 0 Å². The lowest BCUT2D eigenvalue weighted by molar-refractivity contribution is 0.627. The minimum Gasteiger partial charge on any atom is -0.319 e. The maximum atomic E-state index is 2.28. The van der Waals surface area contributed by atoms with Crippen molar-refractivity contribution in [3.63, 3.8) is 0 Å². The molecule has 0 saturated carbocycles. The van der Waals surface area contributed by atoms with Crippen LogP contribution in [-0.4, -0.2) is 10.1 Å². The molecule has 0 aliphatic carbocycles. The van der Waals surface area contributed by atoms with Crippen molar-refractivity contribution in [2.45, 2.75) is 26.3 Å². The first kappa shape index (κ1) is 10.6. The summed E-state index contributed by atoms with van der Waals surface area (Å²) in [6, 6.07) is 8.96. The first-order valence-electron chi connectivity index (χ1n) is 5.41. The molecular formula is C13H17NS. The van der Waals surface area contributed by atoms with Crippen LogP contribution in [0.2, 0.25) is 0 Å². The highest BCUT2D eigenvalue weighted by Crippen LogP contribution is 2.22. The molecule has 1 aliphatic heterocycles. The summed E-state index contributed by atoms with van der Waals surface area (Å²) >= 11 is 1.87. The number of benzene rings is 1. The first-order valence-corrected chi connectivity index (χ1v) is 6.35. The Morgan fingerprint density at radius 3 is 2.53 bits per heavy atom. The largest absolute Gasteiger partial charge is 0.319 e. The van der Waals surface area contributed by atoms with E-state index in [0.717, 1.165) is 12.3 Å². The van der Waals surface area contributed by atoms with Gasteiger partial charge >= 0.3 is 0 Å². The van der Waals surface area contributed by atoms with Crippen LogP contribution in [0, 0.1) is 0 Å². The average Bonchev–Trinajstić information content (AvgIpc) is 2.71. The van der Waals surface area contributed by atoms with Crippen LogP contribution in [0.15, 0.2) is 36.5 Å². The Labute approximate surface area is 96.3 Å². The lowest BCUT2D eigenvalue weighted by atomic mass is 10.0. The van der Waals surface area contributed by atoms with Crippen LogP contribution in [0.5, 0.6) is 0 Å². The van der Waals surface area contributed by atoms with Gasteiger partial charge < -0.3 is 4.31 Å². The van der Waals surface area contributed by atoms with Crippen LogP contribution in [-0.2, 0) is 6.54 Å². The SMILES string of the molecule is CC(C)c1ccc(CN2C=CCS2)cc1. The lowest BCUT2D eigenvalue weighted by Gasteiger charge is -2.14. The monoisotopic (exact) mass is 219 g/mol. The molecular weight excluding hydrogens is 202 g/mol. The van der Waals surface area contributed by atoms with Crippen molar-refractivity contribution in [1.29, 1.82) is 0 Å². The third kappa shape index (κ3) is 2.78. The van der Waals surface area contributed by atoms with Crippen molar-refractivity contribution < 1.29 is 0 Å². The van der Waals surface area contributed by atoms with Gasteiger partial charge in [0.15, 0.2) is 0 Å². The Balaban J connectivity index is 2.00. The number of rotatable bonds is 3. The summed E-state index contributed by atoms with van der Waals surface area (Å²) in [6.45, 7) is 5.47. The van der Waals surface area contributed by atoms with Crippen molar-refractivity contribution >= 4 is 11.9 Å². The van der Waals surface area contributed by atoms with Crippen molar-refractivity contribution in [3.05, 3.63) is 47.7 Å². The van der Waals surface area contributed by atoms with E-state index in [1.54, 1.807) is 0 Å². The zero-order valence-corrected chi connectivity index (χ0v) is 10.1. The fraction of sp³-hybridized carbons (Fsp3) is 0.385. The molecule has 0 bridgehead atoms. The number of hydrogen-bond acceptors (Lipinski definition) is 2. The van der Waals surface area contributed by atoms with Gasteiger partial charge in [0.1, 0.15) is 0 Å². The van der Waals surface area contributed by atoms with Gasteiger partial charge in [0.05, 0.1) is 6.54 Å². The summed E-state index contributed by atoms with van der Waals surface area (Å²) < 4.78 is 2.28. The minimum absolute atomic E-state index is 0.625. The van der Waals surface area contributed by atoms with Gasteiger partial charge in [-0.2, -0.15) is 0 Å². The molecule has 1 aliphatic rings. The molecule has 1 aromatic carbocycles. The normalized spacial score (nSPS) is 15.3. The van der Waals surface area contributed by atoms with Crippen LogP contribution in [0.25, 0.3) is 0 Å². The summed E-state index contributed by atoms with van der Waals surface area (Å²) in [5, 5.41) is 0. The Morgan fingerprint density at radius 1 is 1.27 bits per heavy atom. The van der Waals surface area contributed by atoms with Gasteiger partial charge in [-0.3, -0.25) is 0 Å². The molecule has 1 heterocycles. The van der Waals surface area contributed by atoms with Gasteiger partial charge in [0.25, 0.3) is 0 Å². The minimum atomic E-state index is 0.625. The maximum Gasteiger partial charge on any atom is 0.0539 e. The number of nitrogens with zero attached hydrogens (tertiary/aromatic N) is 1. The molecule has 0 atom stereocenters. The predicted molar refractivity (Wildman–Crippen MR) is 67.7 cm³/mol. The first-order chi connectivity index (χ1) is 7.25. The van der Waals surface area contributed by atoms with Crippen molar-refractivity contribution in [3.8, 4) is 0 Å². The van der Waals surface area contributed by atoms with E-state index in [9.17, 15) is 0 Å². The standard InChI is InChI=1S/C13H17NS/c1-11(2)13-6-4-12(5-7-13)10-14-8-3-9-15-14/h3-8,11H,9-10H2,1-2H3. The van der Waals surface area contributed by atoms with E-state index in [1.165, 1.54) is 11.1 Å². The molecule has 2 heteroatoms. The molecule has 0 fully saturated rings. The molecule has 0 aromatic heterocycles. The van der Waals surface area contributed by atoms with E-state index in [2.05, 4.69) is 54.7 Å². The summed E-state index contributed by atoms with van der Waals surface area (Å²) in [5.41, 5.74) is 2.81. The van der Waals surface area contributed by atoms with E-state index in [4.69, 9.17) is 0 Å². The van der Waals surface area contributed by atoms with Crippen LogP contribution >= 0.6 is 11.9 Å². The summed E-state index contributed by atoms with van der Waals surface area (Å²) in [5.74, 6) is 1.74. The lowest BCUT2D eigenvalue weighted by Crippen LogP contribution is -2.04. The topological polar surface area (TPSA) is 3.24 Å². The van der Waals surface area contributed by atoms with E-state index in [0.29, 0.717) is 5.92 Å². The Morgan fingerprint density at radius 2 is 2.00 bits per heavy atom. The highest BCUT2D eigenvalue weighted by Gasteiger charge is 2.06. The summed E-state index contributed by atoms with van der Waals surface area (Å²) in [6.07, 6.45) is 4.37. The smallest absolute Gasteiger partial charge is 0.0539 e. The van der Waals surface area contributed by atoms with Crippen molar-refractivity contribution in [2.75, 3.05) is 5.75 Å². The van der Waals surface area contributed by atoms with Crippen molar-refractivity contribution in [1.82, 2.24) is 4.31 Å². The third-order valence-electron chi connectivity index (χ3n) is 2.59. The third-order valence-corrected chi connectivity index (χ3v) is 3.52. The molecule has 0 amide bonds. The van der Waals surface area contributed by atoms with E-state index >= 15 is 0 Å². The van der Waals surface area contributed by atoms with Crippen LogP contribution in [0.4, 0.5) is 0 Å². The van der Waals surface area contributed by atoms with Gasteiger partial charge in [0.2, 0.25) is 0 Å². The Hall–Kier alpha value is -0.890. The van der Waals surface area contributed by atoms with Crippen LogP contribution in [0.1, 0.15) is 30.9 Å².